The van der Waals surface area contributed by atoms with Gasteiger partial charge >= 0.3 is 0 Å². The molecule has 0 heterocycles. The third-order valence-electron chi connectivity index (χ3n) is 0.185. The molecule has 0 spiro atoms. The van der Waals surface area contributed by atoms with Gasteiger partial charge in [0.1, 0.15) is 0 Å². The topological polar surface area (TPSA) is 0 Å². The molecule has 0 nitrogen and oxygen atoms in total. The van der Waals surface area contributed by atoms with Crippen LogP contribution in [0.4, 0.5) is 0 Å². The zero-order chi connectivity index (χ0) is 4.83. The molecule has 26 valence electrons. The van der Waals surface area contributed by atoms with Crippen molar-refractivity contribution in [2.45, 2.75) is 0 Å². The molecule has 0 unspecified atom stereocenters. The molecule has 0 rings (SSSR count). The normalized spacial score (nSPS) is 6.50. The fraction of sp³-hybridized carbons (Fsp3) is 0. The van der Waals surface area contributed by atoms with Crippen molar-refractivity contribution in [2.24, 2.45) is 0 Å². The molecule has 0 aromatic carbocycles. The molecular formula is C4HBP-. The molecule has 0 aromatic rings. The maximum Gasteiger partial charge on any atom is 0.184 e. The largest absolute Gasteiger partial charge is 0.368 e. The molecule has 0 fully saturated rings. The van der Waals surface area contributed by atoms with Crippen molar-refractivity contribution in [2.75, 3.05) is 0 Å². The summed E-state index contributed by atoms with van der Waals surface area (Å²) in [6.07, 6.45) is 4.79. The lowest BCUT2D eigenvalue weighted by molar-refractivity contribution is 2.92. The second-order valence-corrected chi connectivity index (χ2v) is 1.20. The van der Waals surface area contributed by atoms with Crippen molar-refractivity contribution in [1.82, 2.24) is 0 Å². The highest BCUT2D eigenvalue weighted by Crippen LogP contribution is 1.98. The smallest absolute Gasteiger partial charge is 0.184 e. The van der Waals surface area contributed by atoms with Crippen LogP contribution in [0.3, 0.4) is 0 Å². The van der Waals surface area contributed by atoms with Gasteiger partial charge in [-0.3, -0.25) is 11.3 Å². The van der Waals surface area contributed by atoms with Gasteiger partial charge in [0.2, 0.25) is 0 Å². The summed E-state index contributed by atoms with van der Waals surface area (Å²) >= 11 is 0. The molecular weight excluding hydrogens is 89.8 g/mol. The van der Waals surface area contributed by atoms with E-state index in [1.54, 1.807) is 0 Å². The van der Waals surface area contributed by atoms with E-state index in [0.717, 1.165) is 0 Å². The molecule has 0 atom stereocenters. The van der Waals surface area contributed by atoms with Gasteiger partial charge in [-0.1, -0.05) is 0 Å². The van der Waals surface area contributed by atoms with Crippen LogP contribution in [0.5, 0.6) is 0 Å². The van der Waals surface area contributed by atoms with Crippen molar-refractivity contribution in [3.63, 3.8) is 0 Å². The summed E-state index contributed by atoms with van der Waals surface area (Å²) in [5.74, 6) is 2.16. The molecule has 0 bridgehead atoms. The summed E-state index contributed by atoms with van der Waals surface area (Å²) < 4.78 is 0. The van der Waals surface area contributed by atoms with Crippen LogP contribution in [0.1, 0.15) is 0 Å². The maximum absolute atomic E-state index is 4.79. The Morgan fingerprint density at radius 1 is 1.67 bits per heavy atom. The zero-order valence-electron chi connectivity index (χ0n) is 3.10. The first kappa shape index (κ1) is 5.61. The first-order chi connectivity index (χ1) is 2.91. The third-order valence-corrected chi connectivity index (χ3v) is 0.555. The monoisotopic (exact) mass is 91.0 g/mol. The van der Waals surface area contributed by atoms with Gasteiger partial charge in [0.15, 0.2) is 7.85 Å². The lowest BCUT2D eigenvalue weighted by atomic mass is 10.2. The quantitative estimate of drug-likeness (QED) is 0.232. The summed E-state index contributed by atoms with van der Waals surface area (Å²) in [6.45, 7) is 0. The summed E-state index contributed by atoms with van der Waals surface area (Å²) in [6, 6.07) is 0. The van der Waals surface area contributed by atoms with Crippen LogP contribution in [-0.4, -0.2) is 7.85 Å². The molecule has 0 aliphatic carbocycles. The van der Waals surface area contributed by atoms with Crippen LogP contribution >= 0.6 is 8.58 Å². The van der Waals surface area contributed by atoms with Gasteiger partial charge in [0, 0.05) is 0 Å². The molecule has 2 heteroatoms. The van der Waals surface area contributed by atoms with E-state index >= 15 is 0 Å². The van der Waals surface area contributed by atoms with Crippen LogP contribution in [0.25, 0.3) is 0 Å². The molecule has 0 N–H and O–H groups in total. The van der Waals surface area contributed by atoms with E-state index in [1.165, 1.54) is 0 Å². The molecule has 0 aliphatic rings. The fourth-order valence-corrected chi connectivity index (χ4v) is 0.194. The Morgan fingerprint density at radius 3 is 2.50 bits per heavy atom. The molecule has 6 heavy (non-hydrogen) atoms. The predicted octanol–water partition coefficient (Wildman–Crippen LogP) is 0.610. The molecule has 0 aromatic heterocycles. The minimum absolute atomic E-state index is 0.653. The highest BCUT2D eigenvalue weighted by atomic mass is 31.1. The second kappa shape index (κ2) is 4.61. The van der Waals surface area contributed by atoms with Crippen LogP contribution in [-0.2, 0) is 0 Å². The molecule has 0 amide bonds. The Kier molecular flexibility index (Phi) is 4.32. The van der Waals surface area contributed by atoms with E-state index in [9.17, 15) is 0 Å². The summed E-state index contributed by atoms with van der Waals surface area (Å²) in [4.78, 5) is 0. The Balaban J connectivity index is 3.07. The summed E-state index contributed by atoms with van der Waals surface area (Å²) in [5, 5.41) is 0. The van der Waals surface area contributed by atoms with E-state index < -0.39 is 0 Å². The van der Waals surface area contributed by atoms with Crippen molar-refractivity contribution in [1.29, 1.82) is 0 Å². The summed E-state index contributed by atoms with van der Waals surface area (Å²) in [7, 11) is 5.40. The highest BCUT2D eigenvalue weighted by molar-refractivity contribution is 7.49. The fourth-order valence-electron chi connectivity index (χ4n) is 0.0645. The van der Waals surface area contributed by atoms with E-state index in [1.807, 2.05) is 0 Å². The van der Waals surface area contributed by atoms with Gasteiger partial charge in [-0.2, -0.15) is 6.42 Å². The highest BCUT2D eigenvalue weighted by Gasteiger charge is 1.31. The lowest BCUT2D eigenvalue weighted by Gasteiger charge is -1.86. The first-order valence-electron chi connectivity index (χ1n) is 1.27. The molecule has 2 radical (unpaired) electrons. The average Bonchev–Trinajstić information content (AvgIpc) is 1.61. The molecule has 0 aliphatic heterocycles. The average molecular weight is 90.8 g/mol. The van der Waals surface area contributed by atoms with Gasteiger partial charge in [0.25, 0.3) is 0 Å². The zero-order valence-corrected chi connectivity index (χ0v) is 4.00. The van der Waals surface area contributed by atoms with E-state index in [2.05, 4.69) is 17.1 Å². The van der Waals surface area contributed by atoms with Crippen molar-refractivity contribution in [3.05, 3.63) is 0 Å². The SMILES string of the molecule is [B]C#C[P-]C#C. The number of hydrogen-bond donors (Lipinski definition) is 0. The van der Waals surface area contributed by atoms with Crippen LogP contribution in [0, 0.1) is 23.6 Å². The van der Waals surface area contributed by atoms with Crippen molar-refractivity contribution >= 4 is 16.4 Å². The minimum atomic E-state index is 0.653. The number of hydrogen-bond acceptors (Lipinski definition) is 0. The Morgan fingerprint density at radius 2 is 2.33 bits per heavy atom. The number of rotatable bonds is 0. The van der Waals surface area contributed by atoms with Gasteiger partial charge in [-0.25, -0.2) is 5.82 Å². The summed E-state index contributed by atoms with van der Waals surface area (Å²) in [5.41, 5.74) is 4.75. The van der Waals surface area contributed by atoms with E-state index in [-0.39, 0.29) is 0 Å². The van der Waals surface area contributed by atoms with E-state index in [0.29, 0.717) is 8.58 Å². The second-order valence-electron chi connectivity index (χ2n) is 0.497. The van der Waals surface area contributed by atoms with Gasteiger partial charge in [0.05, 0.1) is 0 Å². The van der Waals surface area contributed by atoms with E-state index in [4.69, 9.17) is 14.3 Å². The maximum atomic E-state index is 4.79. The first-order valence-corrected chi connectivity index (χ1v) is 2.17. The molecule has 0 saturated carbocycles. The minimum Gasteiger partial charge on any atom is -0.368 e. The standard InChI is InChI=1S/C4HBP/c1-2-6-4-3-5/h1H/q-1. The number of terminal acetylenes is 1. The van der Waals surface area contributed by atoms with Gasteiger partial charge < -0.3 is 8.58 Å². The lowest BCUT2D eigenvalue weighted by Crippen LogP contribution is -1.42. The Hall–Kier alpha value is -0.385. The van der Waals surface area contributed by atoms with Crippen LogP contribution in [0.2, 0.25) is 0 Å². The predicted molar refractivity (Wildman–Crippen MR) is 29.3 cm³/mol. The Labute approximate surface area is 40.9 Å². The van der Waals surface area contributed by atoms with Crippen LogP contribution in [0.15, 0.2) is 0 Å². The van der Waals surface area contributed by atoms with Gasteiger partial charge in [-0.15, -0.1) is 0 Å². The molecule has 0 saturated heterocycles. The van der Waals surface area contributed by atoms with Gasteiger partial charge in [-0.05, 0) is 0 Å². The van der Waals surface area contributed by atoms with Crippen molar-refractivity contribution in [3.8, 4) is 23.6 Å². The Bertz CT molecular complexity index is 112. The van der Waals surface area contributed by atoms with Crippen LogP contribution < -0.4 is 0 Å². The van der Waals surface area contributed by atoms with Crippen molar-refractivity contribution < 1.29 is 0 Å². The third kappa shape index (κ3) is 3.61.